The minimum Gasteiger partial charge on any atom is -0.478 e. The molecule has 6 heteroatoms. The highest BCUT2D eigenvalue weighted by atomic mass is 16.7. The van der Waals surface area contributed by atoms with Crippen LogP contribution < -0.4 is 0 Å². The molecule has 2 N–H and O–H groups in total. The molecule has 29 heavy (non-hydrogen) atoms. The second-order valence-corrected chi connectivity index (χ2v) is 7.81. The number of carboxylic acids is 2. The minimum absolute atomic E-state index is 0.0200. The summed E-state index contributed by atoms with van der Waals surface area (Å²) in [7, 11) is 0. The van der Waals surface area contributed by atoms with Crippen molar-refractivity contribution in [3.8, 4) is 0 Å². The van der Waals surface area contributed by atoms with Crippen LogP contribution in [0.2, 0.25) is 0 Å². The average molecular weight is 407 g/mol. The van der Waals surface area contributed by atoms with Crippen LogP contribution in [0.5, 0.6) is 0 Å². The molecule has 0 radical (unpaired) electrons. The smallest absolute Gasteiger partial charge is 0.336 e. The third-order valence-corrected chi connectivity index (χ3v) is 5.70. The van der Waals surface area contributed by atoms with Crippen molar-refractivity contribution in [2.24, 2.45) is 5.92 Å². The summed E-state index contributed by atoms with van der Waals surface area (Å²) in [6.45, 7) is 5.37. The number of carbonyl (C=O) groups is 2. The Bertz CT molecular complexity index is 667. The van der Waals surface area contributed by atoms with Crippen LogP contribution >= 0.6 is 0 Å². The van der Waals surface area contributed by atoms with E-state index in [1.165, 1.54) is 6.42 Å². The first-order chi connectivity index (χ1) is 14.0. The Morgan fingerprint density at radius 2 is 1.66 bits per heavy atom. The van der Waals surface area contributed by atoms with Crippen LogP contribution in [0.15, 0.2) is 34.4 Å². The van der Waals surface area contributed by atoms with Crippen molar-refractivity contribution in [3.05, 3.63) is 34.4 Å². The molecule has 1 unspecified atom stereocenters. The predicted molar refractivity (Wildman–Crippen MR) is 111 cm³/mol. The van der Waals surface area contributed by atoms with Crippen molar-refractivity contribution < 1.29 is 29.3 Å². The predicted octanol–water partition coefficient (Wildman–Crippen LogP) is 4.86. The summed E-state index contributed by atoms with van der Waals surface area (Å²) in [6, 6.07) is 0. The summed E-state index contributed by atoms with van der Waals surface area (Å²) in [4.78, 5) is 23.7. The monoisotopic (exact) mass is 406 g/mol. The van der Waals surface area contributed by atoms with E-state index in [0.29, 0.717) is 38.0 Å². The van der Waals surface area contributed by atoms with Crippen LogP contribution in [0.1, 0.15) is 71.6 Å². The van der Waals surface area contributed by atoms with Crippen LogP contribution in [0, 0.1) is 5.92 Å². The van der Waals surface area contributed by atoms with Gasteiger partial charge in [-0.05, 0) is 31.3 Å². The maximum absolute atomic E-state index is 11.9. The molecule has 162 valence electrons. The first-order valence-electron chi connectivity index (χ1n) is 10.8. The van der Waals surface area contributed by atoms with Gasteiger partial charge in [0.05, 0.1) is 24.4 Å². The molecule has 1 aliphatic carbocycles. The Hall–Kier alpha value is -1.92. The molecule has 1 atom stereocenters. The summed E-state index contributed by atoms with van der Waals surface area (Å²) < 4.78 is 11.1. The lowest BCUT2D eigenvalue weighted by Crippen LogP contribution is -2.22. The highest BCUT2D eigenvalue weighted by Crippen LogP contribution is 2.33. The SMILES string of the molecule is CCCCCCCC/C(C(=O)O)=C(/C(=O)O)C1=CC=C(C(C)C2OCCO2)CC1. The molecule has 1 heterocycles. The van der Waals surface area contributed by atoms with Crippen molar-refractivity contribution in [2.75, 3.05) is 13.2 Å². The molecule has 1 aliphatic heterocycles. The van der Waals surface area contributed by atoms with Crippen LogP contribution in [-0.4, -0.2) is 41.7 Å². The third kappa shape index (κ3) is 6.82. The van der Waals surface area contributed by atoms with E-state index >= 15 is 0 Å². The molecule has 2 aliphatic rings. The van der Waals surface area contributed by atoms with E-state index < -0.39 is 11.9 Å². The number of aliphatic carboxylic acids is 2. The fourth-order valence-electron chi connectivity index (χ4n) is 3.96. The standard InChI is InChI=1S/C23H34O6/c1-3-4-5-6-7-8-9-19(21(24)25)20(22(26)27)18-12-10-17(11-13-18)16(2)23-28-14-15-29-23/h10,12,16,23H,3-9,11,13-15H2,1-2H3,(H,24,25)(H,26,27)/b20-19-. The first kappa shape index (κ1) is 23.4. The van der Waals surface area contributed by atoms with Gasteiger partial charge in [-0.1, -0.05) is 63.7 Å². The van der Waals surface area contributed by atoms with Gasteiger partial charge in [0.2, 0.25) is 0 Å². The maximum Gasteiger partial charge on any atom is 0.336 e. The van der Waals surface area contributed by atoms with Crippen LogP contribution in [0.25, 0.3) is 0 Å². The molecule has 0 aromatic rings. The zero-order valence-corrected chi connectivity index (χ0v) is 17.6. The van der Waals surface area contributed by atoms with E-state index in [-0.39, 0.29) is 29.8 Å². The number of allylic oxidation sites excluding steroid dienone is 2. The van der Waals surface area contributed by atoms with E-state index in [9.17, 15) is 19.8 Å². The molecule has 0 aromatic heterocycles. The van der Waals surface area contributed by atoms with E-state index in [1.54, 1.807) is 6.08 Å². The number of carboxylic acid groups (broad SMARTS) is 2. The lowest BCUT2D eigenvalue weighted by Gasteiger charge is -2.24. The molecule has 0 amide bonds. The van der Waals surface area contributed by atoms with Crippen molar-refractivity contribution >= 4 is 11.9 Å². The average Bonchev–Trinajstić information content (AvgIpc) is 3.24. The van der Waals surface area contributed by atoms with Gasteiger partial charge in [0, 0.05) is 5.92 Å². The zero-order chi connectivity index (χ0) is 21.2. The molecular formula is C23H34O6. The van der Waals surface area contributed by atoms with Gasteiger partial charge in [0.25, 0.3) is 0 Å². The Morgan fingerprint density at radius 1 is 1.00 bits per heavy atom. The summed E-state index contributed by atoms with van der Waals surface area (Å²) >= 11 is 0. The quantitative estimate of drug-likeness (QED) is 0.355. The number of unbranched alkanes of at least 4 members (excludes halogenated alkanes) is 5. The highest BCUT2D eigenvalue weighted by Gasteiger charge is 2.29. The van der Waals surface area contributed by atoms with Crippen molar-refractivity contribution in [1.82, 2.24) is 0 Å². The fourth-order valence-corrected chi connectivity index (χ4v) is 3.96. The lowest BCUT2D eigenvalue weighted by molar-refractivity contribution is -0.135. The van der Waals surface area contributed by atoms with Crippen LogP contribution in [0.3, 0.4) is 0 Å². The number of hydrogen-bond acceptors (Lipinski definition) is 4. The number of ether oxygens (including phenoxy) is 2. The Kier molecular flexibility index (Phi) is 9.61. The van der Waals surface area contributed by atoms with Crippen molar-refractivity contribution in [3.63, 3.8) is 0 Å². The molecule has 2 rings (SSSR count). The van der Waals surface area contributed by atoms with Gasteiger partial charge < -0.3 is 19.7 Å². The zero-order valence-electron chi connectivity index (χ0n) is 17.6. The topological polar surface area (TPSA) is 93.1 Å². The molecule has 0 spiro atoms. The van der Waals surface area contributed by atoms with Crippen LogP contribution in [0.4, 0.5) is 0 Å². The van der Waals surface area contributed by atoms with Gasteiger partial charge >= 0.3 is 11.9 Å². The summed E-state index contributed by atoms with van der Waals surface area (Å²) in [5.41, 5.74) is 1.71. The van der Waals surface area contributed by atoms with Gasteiger partial charge in [0.15, 0.2) is 6.29 Å². The van der Waals surface area contributed by atoms with Crippen molar-refractivity contribution in [2.45, 2.75) is 77.9 Å². The normalized spacial score (nSPS) is 19.4. The maximum atomic E-state index is 11.9. The van der Waals surface area contributed by atoms with E-state index in [2.05, 4.69) is 6.92 Å². The Balaban J connectivity index is 2.12. The highest BCUT2D eigenvalue weighted by molar-refractivity contribution is 6.02. The third-order valence-electron chi connectivity index (χ3n) is 5.70. The lowest BCUT2D eigenvalue weighted by atomic mass is 9.85. The fraction of sp³-hybridized carbons (Fsp3) is 0.652. The van der Waals surface area contributed by atoms with E-state index in [1.807, 2.05) is 13.0 Å². The largest absolute Gasteiger partial charge is 0.478 e. The molecule has 0 saturated carbocycles. The first-order valence-corrected chi connectivity index (χ1v) is 10.8. The Morgan fingerprint density at radius 3 is 2.21 bits per heavy atom. The van der Waals surface area contributed by atoms with Gasteiger partial charge in [-0.25, -0.2) is 9.59 Å². The van der Waals surface area contributed by atoms with E-state index in [4.69, 9.17) is 9.47 Å². The molecule has 1 saturated heterocycles. The summed E-state index contributed by atoms with van der Waals surface area (Å²) in [5, 5.41) is 19.4. The molecule has 6 nitrogen and oxygen atoms in total. The van der Waals surface area contributed by atoms with Gasteiger partial charge in [-0.15, -0.1) is 0 Å². The summed E-state index contributed by atoms with van der Waals surface area (Å²) in [6.07, 6.45) is 11.0. The van der Waals surface area contributed by atoms with Crippen LogP contribution in [-0.2, 0) is 19.1 Å². The van der Waals surface area contributed by atoms with E-state index in [0.717, 1.165) is 31.3 Å². The minimum atomic E-state index is -1.16. The number of hydrogen-bond donors (Lipinski definition) is 2. The second kappa shape index (κ2) is 11.9. The summed E-state index contributed by atoms with van der Waals surface area (Å²) in [5.74, 6) is -2.20. The number of rotatable bonds is 12. The van der Waals surface area contributed by atoms with Gasteiger partial charge in [0.1, 0.15) is 0 Å². The molecule has 0 bridgehead atoms. The Labute approximate surface area is 173 Å². The second-order valence-electron chi connectivity index (χ2n) is 7.81. The molecular weight excluding hydrogens is 372 g/mol. The van der Waals surface area contributed by atoms with Gasteiger partial charge in [-0.3, -0.25) is 0 Å². The molecule has 1 fully saturated rings. The van der Waals surface area contributed by atoms with Crippen molar-refractivity contribution in [1.29, 1.82) is 0 Å². The van der Waals surface area contributed by atoms with Gasteiger partial charge in [-0.2, -0.15) is 0 Å². The molecule has 0 aromatic carbocycles.